The van der Waals surface area contributed by atoms with Gasteiger partial charge in [-0.25, -0.2) is 8.78 Å². The Morgan fingerprint density at radius 3 is 2.80 bits per heavy atom. The minimum atomic E-state index is -2.70. The number of ether oxygens (including phenoxy) is 1. The number of nitrogens with one attached hydrogen (secondary N) is 2. The molecule has 0 atom stereocenters. The van der Waals surface area contributed by atoms with Crippen molar-refractivity contribution >= 4 is 27.6 Å². The fourth-order valence-electron chi connectivity index (χ4n) is 1.57. The van der Waals surface area contributed by atoms with Gasteiger partial charge in [-0.3, -0.25) is 10.2 Å². The molecule has 0 bridgehead atoms. The van der Waals surface area contributed by atoms with Crippen molar-refractivity contribution in [2.45, 2.75) is 20.3 Å². The molecule has 0 fully saturated rings. The lowest BCUT2D eigenvalue weighted by Gasteiger charge is -2.19. The van der Waals surface area contributed by atoms with Crippen LogP contribution in [0.4, 0.5) is 8.78 Å². The molecule has 0 amide bonds. The lowest BCUT2D eigenvalue weighted by Crippen LogP contribution is -2.23. The highest BCUT2D eigenvalue weighted by atomic mass is 79.9. The monoisotopic (exact) mass is 348 g/mol. The third-order valence-corrected chi connectivity index (χ3v) is 3.45. The van der Waals surface area contributed by atoms with E-state index in [1.165, 1.54) is 12.3 Å². The van der Waals surface area contributed by atoms with E-state index in [9.17, 15) is 13.6 Å². The molecule has 110 valence electrons. The second-order valence-electron chi connectivity index (χ2n) is 3.99. The van der Waals surface area contributed by atoms with Crippen molar-refractivity contribution in [3.8, 4) is 0 Å². The van der Waals surface area contributed by atoms with Gasteiger partial charge in [-0.15, -0.1) is 0 Å². The third kappa shape index (κ3) is 4.00. The minimum absolute atomic E-state index is 0.00830. The summed E-state index contributed by atoms with van der Waals surface area (Å²) < 4.78 is 31.1. The molecule has 0 aromatic rings. The summed E-state index contributed by atoms with van der Waals surface area (Å²) in [5, 5.41) is 10.5. The molecule has 1 aliphatic rings. The number of hydrogen-bond donors (Lipinski definition) is 2. The SMILES string of the molecule is CCOC(=O)CN/C=C1\C(=N)C(C)=C(Br)C=C1C(F)F. The number of halogens is 3. The number of hydrogen-bond acceptors (Lipinski definition) is 4. The molecule has 0 spiro atoms. The van der Waals surface area contributed by atoms with Crippen molar-refractivity contribution in [2.24, 2.45) is 0 Å². The van der Waals surface area contributed by atoms with Gasteiger partial charge in [-0.2, -0.15) is 0 Å². The van der Waals surface area contributed by atoms with Crippen molar-refractivity contribution in [3.63, 3.8) is 0 Å². The number of alkyl halides is 2. The molecular weight excluding hydrogens is 334 g/mol. The maximum atomic E-state index is 13.0. The molecule has 0 heterocycles. The lowest BCUT2D eigenvalue weighted by atomic mass is 9.92. The van der Waals surface area contributed by atoms with Gasteiger partial charge in [0.15, 0.2) is 0 Å². The topological polar surface area (TPSA) is 62.2 Å². The summed E-state index contributed by atoms with van der Waals surface area (Å²) in [5.74, 6) is -0.484. The van der Waals surface area contributed by atoms with Gasteiger partial charge >= 0.3 is 5.97 Å². The molecular formula is C13H15BrF2N2O2. The van der Waals surface area contributed by atoms with Gasteiger partial charge in [0.25, 0.3) is 6.43 Å². The van der Waals surface area contributed by atoms with Crippen LogP contribution in [-0.4, -0.2) is 31.3 Å². The van der Waals surface area contributed by atoms with Crippen LogP contribution in [-0.2, 0) is 9.53 Å². The normalized spacial score (nSPS) is 17.6. The summed E-state index contributed by atoms with van der Waals surface area (Å²) in [7, 11) is 0. The molecule has 0 radical (unpaired) electrons. The molecule has 0 unspecified atom stereocenters. The van der Waals surface area contributed by atoms with Crippen molar-refractivity contribution in [2.75, 3.05) is 13.2 Å². The predicted molar refractivity (Wildman–Crippen MR) is 76.2 cm³/mol. The summed E-state index contributed by atoms with van der Waals surface area (Å²) in [6.07, 6.45) is -0.164. The zero-order chi connectivity index (χ0) is 15.3. The first-order valence-electron chi connectivity index (χ1n) is 5.93. The molecule has 4 nitrogen and oxygen atoms in total. The van der Waals surface area contributed by atoms with Gasteiger partial charge in [-0.1, -0.05) is 15.9 Å². The third-order valence-electron chi connectivity index (χ3n) is 2.63. The Labute approximate surface area is 124 Å². The molecule has 1 aliphatic carbocycles. The minimum Gasteiger partial charge on any atom is -0.465 e. The molecule has 0 aromatic carbocycles. The molecule has 0 saturated heterocycles. The van der Waals surface area contributed by atoms with E-state index in [2.05, 4.69) is 21.2 Å². The molecule has 7 heteroatoms. The van der Waals surface area contributed by atoms with E-state index in [1.54, 1.807) is 13.8 Å². The summed E-state index contributed by atoms with van der Waals surface area (Å²) in [5.41, 5.74) is 0.360. The first kappa shape index (κ1) is 16.6. The Hall–Kier alpha value is -1.50. The van der Waals surface area contributed by atoms with E-state index in [4.69, 9.17) is 10.1 Å². The Kier molecular flexibility index (Phi) is 6.06. The van der Waals surface area contributed by atoms with Gasteiger partial charge in [0.2, 0.25) is 0 Å². The van der Waals surface area contributed by atoms with E-state index in [1.807, 2.05) is 0 Å². The fourth-order valence-corrected chi connectivity index (χ4v) is 2.02. The summed E-state index contributed by atoms with van der Waals surface area (Å²) in [6.45, 7) is 3.45. The average Bonchev–Trinajstić information content (AvgIpc) is 2.38. The highest BCUT2D eigenvalue weighted by Gasteiger charge is 2.25. The van der Waals surface area contributed by atoms with Gasteiger partial charge in [-0.05, 0) is 25.5 Å². The maximum Gasteiger partial charge on any atom is 0.325 e. The predicted octanol–water partition coefficient (Wildman–Crippen LogP) is 2.92. The Bertz CT molecular complexity index is 511. The van der Waals surface area contributed by atoms with E-state index in [0.717, 1.165) is 0 Å². The molecule has 0 aromatic heterocycles. The zero-order valence-electron chi connectivity index (χ0n) is 11.1. The first-order chi connectivity index (χ1) is 9.38. The molecule has 20 heavy (non-hydrogen) atoms. The number of allylic oxidation sites excluding steroid dienone is 5. The van der Waals surface area contributed by atoms with Crippen LogP contribution in [0.2, 0.25) is 0 Å². The average molecular weight is 349 g/mol. The molecule has 0 aliphatic heterocycles. The highest BCUT2D eigenvalue weighted by Crippen LogP contribution is 2.32. The molecule has 2 N–H and O–H groups in total. The maximum absolute atomic E-state index is 13.0. The van der Waals surface area contributed by atoms with Crippen LogP contribution >= 0.6 is 15.9 Å². The Balaban J connectivity index is 2.89. The van der Waals surface area contributed by atoms with Crippen molar-refractivity contribution < 1.29 is 18.3 Å². The highest BCUT2D eigenvalue weighted by molar-refractivity contribution is 9.12. The largest absolute Gasteiger partial charge is 0.465 e. The van der Waals surface area contributed by atoms with Crippen LogP contribution in [0.25, 0.3) is 0 Å². The standard InChI is InChI=1S/C13H15BrF2N2O2/c1-3-20-11(19)6-18-5-9-8(13(15)16)4-10(14)7(2)12(9)17/h4-5,13,17-18H,3,6H2,1-2H3/b9-5-,17-12?. The Morgan fingerprint density at radius 2 is 2.25 bits per heavy atom. The van der Waals surface area contributed by atoms with Crippen molar-refractivity contribution in [3.05, 3.63) is 33.5 Å². The number of rotatable bonds is 5. The number of carbonyl (C=O) groups excluding carboxylic acids is 1. The van der Waals surface area contributed by atoms with E-state index >= 15 is 0 Å². The van der Waals surface area contributed by atoms with Crippen LogP contribution in [0, 0.1) is 5.41 Å². The first-order valence-corrected chi connectivity index (χ1v) is 6.72. The van der Waals surface area contributed by atoms with Gasteiger partial charge in [0, 0.05) is 21.8 Å². The smallest absolute Gasteiger partial charge is 0.325 e. The second-order valence-corrected chi connectivity index (χ2v) is 4.85. The van der Waals surface area contributed by atoms with E-state index in [-0.39, 0.29) is 30.0 Å². The number of esters is 1. The fraction of sp³-hybridized carbons (Fsp3) is 0.385. The number of carbonyl (C=O) groups is 1. The Morgan fingerprint density at radius 1 is 1.60 bits per heavy atom. The molecule has 0 saturated carbocycles. The summed E-state index contributed by atoms with van der Waals surface area (Å²) in [4.78, 5) is 11.2. The molecule has 1 rings (SSSR count). The quantitative estimate of drug-likeness (QED) is 0.751. The van der Waals surface area contributed by atoms with Crippen molar-refractivity contribution in [1.82, 2.24) is 5.32 Å². The zero-order valence-corrected chi connectivity index (χ0v) is 12.7. The lowest BCUT2D eigenvalue weighted by molar-refractivity contribution is -0.141. The van der Waals surface area contributed by atoms with Gasteiger partial charge < -0.3 is 10.1 Å². The summed E-state index contributed by atoms with van der Waals surface area (Å²) >= 11 is 3.15. The summed E-state index contributed by atoms with van der Waals surface area (Å²) in [6, 6.07) is 0. The van der Waals surface area contributed by atoms with Crippen LogP contribution in [0.15, 0.2) is 33.5 Å². The van der Waals surface area contributed by atoms with E-state index in [0.29, 0.717) is 10.1 Å². The van der Waals surface area contributed by atoms with E-state index < -0.39 is 12.4 Å². The van der Waals surface area contributed by atoms with Gasteiger partial charge in [0.05, 0.1) is 12.3 Å². The van der Waals surface area contributed by atoms with Crippen LogP contribution in [0.5, 0.6) is 0 Å². The second kappa shape index (κ2) is 7.33. The van der Waals surface area contributed by atoms with Gasteiger partial charge in [0.1, 0.15) is 6.54 Å². The van der Waals surface area contributed by atoms with Crippen molar-refractivity contribution in [1.29, 1.82) is 5.41 Å². The van der Waals surface area contributed by atoms with Crippen LogP contribution < -0.4 is 5.32 Å². The van der Waals surface area contributed by atoms with Crippen LogP contribution in [0.1, 0.15) is 13.8 Å². The van der Waals surface area contributed by atoms with Crippen LogP contribution in [0.3, 0.4) is 0 Å².